The van der Waals surface area contributed by atoms with Crippen molar-refractivity contribution < 1.29 is 9.59 Å². The minimum atomic E-state index is -0.695. The summed E-state index contributed by atoms with van der Waals surface area (Å²) >= 11 is 0. The summed E-state index contributed by atoms with van der Waals surface area (Å²) < 4.78 is 1.96. The van der Waals surface area contributed by atoms with Crippen LogP contribution in [0, 0.1) is 23.2 Å². The van der Waals surface area contributed by atoms with E-state index in [0.717, 1.165) is 54.3 Å². The number of nitrogens with one attached hydrogen (secondary N) is 2. The zero-order valence-electron chi connectivity index (χ0n) is 21.6. The Kier molecular flexibility index (Phi) is 6.80. The van der Waals surface area contributed by atoms with Gasteiger partial charge in [0.15, 0.2) is 5.78 Å². The van der Waals surface area contributed by atoms with Gasteiger partial charge in [-0.3, -0.25) is 14.4 Å². The number of aldehydes is 1. The number of likely N-dealkylation sites (tertiary alicyclic amines) is 1. The van der Waals surface area contributed by atoms with E-state index in [-0.39, 0.29) is 12.3 Å². The van der Waals surface area contributed by atoms with Gasteiger partial charge in [0.25, 0.3) is 0 Å². The topological polar surface area (TPSA) is 133 Å². The van der Waals surface area contributed by atoms with Crippen molar-refractivity contribution in [1.29, 1.82) is 5.26 Å². The molecule has 2 unspecified atom stereocenters. The molecule has 2 aliphatic carbocycles. The minimum absolute atomic E-state index is 0.0357. The first-order chi connectivity index (χ1) is 18.6. The van der Waals surface area contributed by atoms with E-state index in [1.54, 1.807) is 6.33 Å². The SMILES string of the molecule is N#CCC1(n2cc(-c3ncnc4[nH]ccc34)cn2)C[C@H]2CN(C(C=O)C(=O)CNC3CCCCC3)C[C@H]2C1. The summed E-state index contributed by atoms with van der Waals surface area (Å²) in [5.74, 6) is 0.590. The molecular formula is C28H34N8O2. The van der Waals surface area contributed by atoms with Gasteiger partial charge in [-0.05, 0) is 43.6 Å². The first-order valence-electron chi connectivity index (χ1n) is 13.8. The van der Waals surface area contributed by atoms with Crippen LogP contribution >= 0.6 is 0 Å². The van der Waals surface area contributed by atoms with Gasteiger partial charge in [0, 0.05) is 42.5 Å². The molecule has 2 N–H and O–H groups in total. The number of H-pyrrole nitrogens is 1. The summed E-state index contributed by atoms with van der Waals surface area (Å²) in [5.41, 5.74) is 2.08. The van der Waals surface area contributed by atoms with Crippen LogP contribution in [0.25, 0.3) is 22.3 Å². The Morgan fingerprint density at radius 3 is 2.76 bits per heavy atom. The van der Waals surface area contributed by atoms with Crippen molar-refractivity contribution in [3.05, 3.63) is 31.0 Å². The highest BCUT2D eigenvalue weighted by atomic mass is 16.1. The molecule has 4 heterocycles. The average molecular weight is 515 g/mol. The molecule has 0 bridgehead atoms. The maximum atomic E-state index is 13.0. The number of ketones is 1. The summed E-state index contributed by atoms with van der Waals surface area (Å²) in [6, 6.07) is 4.05. The van der Waals surface area contributed by atoms with Crippen molar-refractivity contribution in [2.75, 3.05) is 19.6 Å². The first-order valence-corrected chi connectivity index (χ1v) is 13.8. The molecule has 0 radical (unpaired) electrons. The number of aromatic amines is 1. The zero-order chi connectivity index (χ0) is 26.1. The third kappa shape index (κ3) is 4.54. The number of carbonyl (C=O) groups excluding carboxylic acids is 2. The Bertz CT molecular complexity index is 1340. The van der Waals surface area contributed by atoms with Gasteiger partial charge in [0.1, 0.15) is 24.3 Å². The smallest absolute Gasteiger partial charge is 0.170 e. The molecule has 10 heteroatoms. The summed E-state index contributed by atoms with van der Waals surface area (Å²) in [5, 5.41) is 18.8. The van der Waals surface area contributed by atoms with Crippen molar-refractivity contribution in [1.82, 2.24) is 34.9 Å². The lowest BCUT2D eigenvalue weighted by Crippen LogP contribution is -2.47. The number of hydrogen-bond acceptors (Lipinski definition) is 8. The molecule has 0 spiro atoms. The molecular weight excluding hydrogens is 480 g/mol. The van der Waals surface area contributed by atoms with Crippen LogP contribution in [0.1, 0.15) is 51.4 Å². The van der Waals surface area contributed by atoms with Crippen molar-refractivity contribution in [3.63, 3.8) is 0 Å². The summed E-state index contributed by atoms with van der Waals surface area (Å²) in [6.45, 7) is 1.65. The fraction of sp³-hybridized carbons (Fsp3) is 0.571. The van der Waals surface area contributed by atoms with Crippen molar-refractivity contribution in [2.24, 2.45) is 11.8 Å². The number of carbonyl (C=O) groups is 2. The number of rotatable bonds is 9. The van der Waals surface area contributed by atoms with Crippen molar-refractivity contribution >= 4 is 23.1 Å². The maximum absolute atomic E-state index is 13.0. The average Bonchev–Trinajstić information content (AvgIpc) is 3.72. The molecule has 3 aromatic rings. The zero-order valence-corrected chi connectivity index (χ0v) is 21.6. The predicted octanol–water partition coefficient (Wildman–Crippen LogP) is 2.83. The highest BCUT2D eigenvalue weighted by Gasteiger charge is 2.52. The van der Waals surface area contributed by atoms with Gasteiger partial charge in [-0.1, -0.05) is 19.3 Å². The number of aromatic nitrogens is 5. The van der Waals surface area contributed by atoms with E-state index in [4.69, 9.17) is 5.10 Å². The molecule has 6 rings (SSSR count). The van der Waals surface area contributed by atoms with Crippen LogP contribution in [0.15, 0.2) is 31.0 Å². The van der Waals surface area contributed by atoms with E-state index in [2.05, 4.69) is 31.2 Å². The Balaban J connectivity index is 1.14. The molecule has 1 aliphatic heterocycles. The van der Waals surface area contributed by atoms with Crippen LogP contribution in [0.4, 0.5) is 0 Å². The fourth-order valence-corrected chi connectivity index (χ4v) is 7.11. The van der Waals surface area contributed by atoms with Gasteiger partial charge in [-0.2, -0.15) is 10.4 Å². The Hall–Kier alpha value is -3.42. The molecule has 10 nitrogen and oxygen atoms in total. The van der Waals surface area contributed by atoms with Crippen molar-refractivity contribution in [2.45, 2.75) is 69.0 Å². The quantitative estimate of drug-likeness (QED) is 0.329. The first kappa shape index (κ1) is 24.9. The second kappa shape index (κ2) is 10.4. The molecule has 3 aliphatic rings. The molecule has 3 fully saturated rings. The summed E-state index contributed by atoms with van der Waals surface area (Å²) in [6.07, 6.45) is 15.9. The maximum Gasteiger partial charge on any atom is 0.170 e. The fourth-order valence-electron chi connectivity index (χ4n) is 7.11. The largest absolute Gasteiger partial charge is 0.346 e. The van der Waals surface area contributed by atoms with E-state index < -0.39 is 11.6 Å². The van der Waals surface area contributed by atoms with Crippen LogP contribution in [-0.4, -0.2) is 73.4 Å². The standard InChI is InChI=1S/C28H34N8O2/c29-8-7-28(36-16-21(12-34-36)26-23-6-9-30-27(23)33-18-32-26)10-19-14-35(15-20(19)11-28)24(17-37)25(38)13-31-22-4-2-1-3-5-22/h6,9,12,16-20,22,24,31H,1-5,7,10-11,13-15H2,(H,30,32,33)/t19-,20+,24?,28?. The molecule has 1 saturated heterocycles. The van der Waals surface area contributed by atoms with Gasteiger partial charge in [0.05, 0.1) is 36.5 Å². The van der Waals surface area contributed by atoms with Crippen molar-refractivity contribution in [3.8, 4) is 17.3 Å². The molecule has 2 saturated carbocycles. The monoisotopic (exact) mass is 514 g/mol. The van der Waals surface area contributed by atoms with Gasteiger partial charge in [0.2, 0.25) is 0 Å². The van der Waals surface area contributed by atoms with Gasteiger partial charge >= 0.3 is 0 Å². The molecule has 198 valence electrons. The van der Waals surface area contributed by atoms with Gasteiger partial charge in [-0.25, -0.2) is 9.97 Å². The highest BCUT2D eigenvalue weighted by molar-refractivity contribution is 5.98. The number of nitriles is 1. The Morgan fingerprint density at radius 2 is 2.03 bits per heavy atom. The third-order valence-corrected chi connectivity index (χ3v) is 9.02. The number of Topliss-reactive ketones (excluding diaryl/α,β-unsaturated/α-hetero) is 1. The lowest BCUT2D eigenvalue weighted by molar-refractivity contribution is -0.128. The lowest BCUT2D eigenvalue weighted by Gasteiger charge is -2.31. The lowest BCUT2D eigenvalue weighted by atomic mass is 9.91. The summed E-state index contributed by atoms with van der Waals surface area (Å²) in [4.78, 5) is 38.9. The number of hydrogen-bond donors (Lipinski definition) is 2. The van der Waals surface area contributed by atoms with E-state index >= 15 is 0 Å². The van der Waals surface area contributed by atoms with Gasteiger partial charge in [-0.15, -0.1) is 0 Å². The number of nitrogens with zero attached hydrogens (tertiary/aromatic N) is 6. The minimum Gasteiger partial charge on any atom is -0.346 e. The molecule has 3 aromatic heterocycles. The second-order valence-electron chi connectivity index (χ2n) is 11.3. The summed E-state index contributed by atoms with van der Waals surface area (Å²) in [7, 11) is 0. The van der Waals surface area contributed by atoms with E-state index in [0.29, 0.717) is 37.4 Å². The van der Waals surface area contributed by atoms with Crippen LogP contribution in [-0.2, 0) is 15.1 Å². The number of fused-ring (bicyclic) bond motifs is 2. The predicted molar refractivity (Wildman–Crippen MR) is 141 cm³/mol. The molecule has 4 atom stereocenters. The van der Waals surface area contributed by atoms with Crippen LogP contribution < -0.4 is 5.32 Å². The Labute approximate surface area is 221 Å². The molecule has 0 amide bonds. The van der Waals surface area contributed by atoms with E-state index in [1.807, 2.05) is 29.3 Å². The second-order valence-corrected chi connectivity index (χ2v) is 11.3. The van der Waals surface area contributed by atoms with Gasteiger partial charge < -0.3 is 15.1 Å². The highest BCUT2D eigenvalue weighted by Crippen LogP contribution is 2.50. The Morgan fingerprint density at radius 1 is 1.24 bits per heavy atom. The third-order valence-electron chi connectivity index (χ3n) is 9.02. The molecule has 0 aromatic carbocycles. The van der Waals surface area contributed by atoms with E-state index in [1.165, 1.54) is 19.3 Å². The van der Waals surface area contributed by atoms with Crippen LogP contribution in [0.2, 0.25) is 0 Å². The van der Waals surface area contributed by atoms with Crippen LogP contribution in [0.5, 0.6) is 0 Å². The molecule has 38 heavy (non-hydrogen) atoms. The van der Waals surface area contributed by atoms with Crippen LogP contribution in [0.3, 0.4) is 0 Å². The normalized spacial score (nSPS) is 26.8. The van der Waals surface area contributed by atoms with E-state index in [9.17, 15) is 14.9 Å².